The molecular weight excluding hydrogens is 180 g/mol. The predicted octanol–water partition coefficient (Wildman–Crippen LogP) is 0.851. The molecular formula is C10H16N2O2. The van der Waals surface area contributed by atoms with Crippen molar-refractivity contribution in [1.29, 1.82) is 0 Å². The lowest BCUT2D eigenvalue weighted by atomic mass is 10.0. The van der Waals surface area contributed by atoms with Gasteiger partial charge < -0.3 is 14.8 Å². The Hall–Kier alpha value is -0.870. The monoisotopic (exact) mass is 196 g/mol. The first kappa shape index (κ1) is 9.68. The van der Waals surface area contributed by atoms with Gasteiger partial charge in [0.05, 0.1) is 6.20 Å². The van der Waals surface area contributed by atoms with Crippen LogP contribution in [0.3, 0.4) is 0 Å². The van der Waals surface area contributed by atoms with Crippen LogP contribution >= 0.6 is 0 Å². The third-order valence-electron chi connectivity index (χ3n) is 2.59. The minimum atomic E-state index is -0.0644. The van der Waals surface area contributed by atoms with Crippen molar-refractivity contribution in [2.75, 3.05) is 6.54 Å². The van der Waals surface area contributed by atoms with E-state index >= 15 is 0 Å². The molecule has 1 aliphatic heterocycles. The molecule has 1 saturated heterocycles. The van der Waals surface area contributed by atoms with Gasteiger partial charge in [-0.3, -0.25) is 0 Å². The van der Waals surface area contributed by atoms with E-state index in [2.05, 4.69) is 10.3 Å². The van der Waals surface area contributed by atoms with E-state index < -0.39 is 0 Å². The van der Waals surface area contributed by atoms with E-state index in [1.54, 1.807) is 6.20 Å². The highest BCUT2D eigenvalue weighted by Gasteiger charge is 2.15. The van der Waals surface area contributed by atoms with Crippen molar-refractivity contribution in [3.05, 3.63) is 17.8 Å². The van der Waals surface area contributed by atoms with Crippen LogP contribution in [0.4, 0.5) is 0 Å². The van der Waals surface area contributed by atoms with Crippen molar-refractivity contribution in [3.8, 4) is 0 Å². The fourth-order valence-corrected chi connectivity index (χ4v) is 1.82. The summed E-state index contributed by atoms with van der Waals surface area (Å²) < 4.78 is 5.33. The van der Waals surface area contributed by atoms with Gasteiger partial charge in [-0.05, 0) is 19.4 Å². The van der Waals surface area contributed by atoms with Gasteiger partial charge in [0.1, 0.15) is 12.4 Å². The highest BCUT2D eigenvalue weighted by molar-refractivity contribution is 4.94. The molecule has 1 unspecified atom stereocenters. The van der Waals surface area contributed by atoms with Gasteiger partial charge in [0, 0.05) is 12.5 Å². The number of piperidine rings is 1. The molecule has 0 saturated carbocycles. The molecule has 2 heterocycles. The normalized spacial score (nSPS) is 22.5. The number of nitrogens with zero attached hydrogens (tertiary/aromatic N) is 1. The molecule has 78 valence electrons. The number of aliphatic hydroxyl groups is 1. The van der Waals surface area contributed by atoms with Crippen LogP contribution in [0.5, 0.6) is 0 Å². The number of hydrogen-bond donors (Lipinski definition) is 2. The summed E-state index contributed by atoms with van der Waals surface area (Å²) in [5.41, 5.74) is 0. The average molecular weight is 196 g/mol. The number of nitrogens with one attached hydrogen (secondary N) is 1. The smallest absolute Gasteiger partial charge is 0.196 e. The second kappa shape index (κ2) is 4.57. The van der Waals surface area contributed by atoms with Crippen molar-refractivity contribution in [1.82, 2.24) is 10.3 Å². The SMILES string of the molecule is OCc1cnc(CC2CCCCN2)o1. The van der Waals surface area contributed by atoms with E-state index in [-0.39, 0.29) is 6.61 Å². The molecule has 4 nitrogen and oxygen atoms in total. The Bertz CT molecular complexity index is 279. The van der Waals surface area contributed by atoms with Gasteiger partial charge in [-0.2, -0.15) is 0 Å². The van der Waals surface area contributed by atoms with Gasteiger partial charge in [0.15, 0.2) is 5.89 Å². The number of aliphatic hydroxyl groups excluding tert-OH is 1. The standard InChI is InChI=1S/C10H16N2O2/c13-7-9-6-12-10(14-9)5-8-3-1-2-4-11-8/h6,8,11,13H,1-5,7H2. The molecule has 14 heavy (non-hydrogen) atoms. The molecule has 2 rings (SSSR count). The van der Waals surface area contributed by atoms with Gasteiger partial charge in [-0.25, -0.2) is 4.98 Å². The van der Waals surface area contributed by atoms with E-state index in [0.29, 0.717) is 11.8 Å². The highest BCUT2D eigenvalue weighted by atomic mass is 16.4. The highest BCUT2D eigenvalue weighted by Crippen LogP contribution is 2.12. The largest absolute Gasteiger partial charge is 0.443 e. The maximum Gasteiger partial charge on any atom is 0.196 e. The van der Waals surface area contributed by atoms with Gasteiger partial charge >= 0.3 is 0 Å². The first-order valence-corrected chi connectivity index (χ1v) is 5.16. The Labute approximate surface area is 83.3 Å². The van der Waals surface area contributed by atoms with Crippen LogP contribution < -0.4 is 5.32 Å². The van der Waals surface area contributed by atoms with Crippen LogP contribution in [0.1, 0.15) is 30.9 Å². The quantitative estimate of drug-likeness (QED) is 0.752. The second-order valence-electron chi connectivity index (χ2n) is 3.73. The van der Waals surface area contributed by atoms with E-state index in [9.17, 15) is 0 Å². The van der Waals surface area contributed by atoms with Crippen LogP contribution in [0.2, 0.25) is 0 Å². The number of hydrogen-bond acceptors (Lipinski definition) is 4. The van der Waals surface area contributed by atoms with Crippen LogP contribution in [0.15, 0.2) is 10.6 Å². The lowest BCUT2D eigenvalue weighted by Gasteiger charge is -2.21. The molecule has 1 aromatic rings. The number of aromatic nitrogens is 1. The third-order valence-corrected chi connectivity index (χ3v) is 2.59. The molecule has 0 bridgehead atoms. The van der Waals surface area contributed by atoms with Gasteiger partial charge in [0.25, 0.3) is 0 Å². The summed E-state index contributed by atoms with van der Waals surface area (Å²) in [6, 6.07) is 0.494. The number of rotatable bonds is 3. The molecule has 0 radical (unpaired) electrons. The lowest BCUT2D eigenvalue weighted by molar-refractivity contribution is 0.241. The van der Waals surface area contributed by atoms with Crippen molar-refractivity contribution < 1.29 is 9.52 Å². The van der Waals surface area contributed by atoms with Crippen LogP contribution in [0, 0.1) is 0 Å². The molecule has 0 amide bonds. The number of oxazole rings is 1. The Morgan fingerprint density at radius 3 is 3.14 bits per heavy atom. The minimum Gasteiger partial charge on any atom is -0.443 e. The Kier molecular flexibility index (Phi) is 3.16. The fourth-order valence-electron chi connectivity index (χ4n) is 1.82. The average Bonchev–Trinajstić information content (AvgIpc) is 2.67. The van der Waals surface area contributed by atoms with Gasteiger partial charge in [0.2, 0.25) is 0 Å². The van der Waals surface area contributed by atoms with E-state index in [1.165, 1.54) is 19.3 Å². The second-order valence-corrected chi connectivity index (χ2v) is 3.73. The Balaban J connectivity index is 1.89. The zero-order chi connectivity index (χ0) is 9.80. The van der Waals surface area contributed by atoms with E-state index in [1.807, 2.05) is 0 Å². The third kappa shape index (κ3) is 2.33. The predicted molar refractivity (Wildman–Crippen MR) is 51.8 cm³/mol. The van der Waals surface area contributed by atoms with Crippen LogP contribution in [0.25, 0.3) is 0 Å². The zero-order valence-corrected chi connectivity index (χ0v) is 8.20. The summed E-state index contributed by atoms with van der Waals surface area (Å²) in [4.78, 5) is 4.11. The lowest BCUT2D eigenvalue weighted by Crippen LogP contribution is -2.35. The van der Waals surface area contributed by atoms with Crippen LogP contribution in [-0.4, -0.2) is 22.7 Å². The van der Waals surface area contributed by atoms with E-state index in [0.717, 1.165) is 18.9 Å². The Morgan fingerprint density at radius 2 is 2.50 bits per heavy atom. The molecule has 4 heteroatoms. The molecule has 1 aromatic heterocycles. The summed E-state index contributed by atoms with van der Waals surface area (Å²) in [5, 5.41) is 12.2. The summed E-state index contributed by atoms with van der Waals surface area (Å²) in [7, 11) is 0. The van der Waals surface area contributed by atoms with Crippen LogP contribution in [-0.2, 0) is 13.0 Å². The summed E-state index contributed by atoms with van der Waals surface area (Å²) in [5.74, 6) is 1.28. The maximum atomic E-state index is 8.81. The molecule has 0 aromatic carbocycles. The fraction of sp³-hybridized carbons (Fsp3) is 0.700. The van der Waals surface area contributed by atoms with E-state index in [4.69, 9.17) is 9.52 Å². The summed E-state index contributed by atoms with van der Waals surface area (Å²) in [6.07, 6.45) is 6.17. The molecule has 1 aliphatic rings. The minimum absolute atomic E-state index is 0.0644. The first-order chi connectivity index (χ1) is 6.88. The van der Waals surface area contributed by atoms with Crippen molar-refractivity contribution in [3.63, 3.8) is 0 Å². The summed E-state index contributed by atoms with van der Waals surface area (Å²) in [6.45, 7) is 1.03. The molecule has 1 atom stereocenters. The Morgan fingerprint density at radius 1 is 1.57 bits per heavy atom. The van der Waals surface area contributed by atoms with Crippen molar-refractivity contribution in [2.24, 2.45) is 0 Å². The first-order valence-electron chi connectivity index (χ1n) is 5.16. The van der Waals surface area contributed by atoms with Crippen molar-refractivity contribution >= 4 is 0 Å². The zero-order valence-electron chi connectivity index (χ0n) is 8.20. The van der Waals surface area contributed by atoms with Gasteiger partial charge in [-0.1, -0.05) is 6.42 Å². The summed E-state index contributed by atoms with van der Waals surface area (Å²) >= 11 is 0. The van der Waals surface area contributed by atoms with Gasteiger partial charge in [-0.15, -0.1) is 0 Å². The molecule has 2 N–H and O–H groups in total. The topological polar surface area (TPSA) is 58.3 Å². The maximum absolute atomic E-state index is 8.81. The molecule has 0 spiro atoms. The molecule has 0 aliphatic carbocycles. The molecule has 1 fully saturated rings. The van der Waals surface area contributed by atoms with Crippen molar-refractivity contribution in [2.45, 2.75) is 38.3 Å².